The van der Waals surface area contributed by atoms with Gasteiger partial charge in [0.1, 0.15) is 0 Å². The Morgan fingerprint density at radius 2 is 0.667 bits per heavy atom. The molecular formula is C12H26N6. The van der Waals surface area contributed by atoms with E-state index in [1.165, 1.54) is 52.4 Å². The fourth-order valence-corrected chi connectivity index (χ4v) is 3.12. The molecule has 0 radical (unpaired) electrons. The molecule has 2 N–H and O–H groups in total. The predicted octanol–water partition coefficient (Wildman–Crippen LogP) is -1.76. The Hall–Kier alpha value is -0.240. The van der Waals surface area contributed by atoms with E-state index in [2.05, 4.69) is 30.7 Å². The van der Waals surface area contributed by atoms with Crippen LogP contribution in [0.1, 0.15) is 0 Å². The van der Waals surface area contributed by atoms with Crippen LogP contribution >= 0.6 is 0 Å². The van der Waals surface area contributed by atoms with E-state index in [4.69, 9.17) is 0 Å². The van der Waals surface area contributed by atoms with E-state index in [9.17, 15) is 0 Å². The molecule has 0 aromatic heterocycles. The average Bonchev–Trinajstić information content (AvgIpc) is 2.49. The van der Waals surface area contributed by atoms with Crippen molar-refractivity contribution in [1.29, 1.82) is 0 Å². The van der Waals surface area contributed by atoms with Crippen molar-refractivity contribution < 1.29 is 0 Å². The topological polar surface area (TPSA) is 37.0 Å². The molecule has 3 heterocycles. The molecule has 3 aliphatic rings. The first-order valence-electron chi connectivity index (χ1n) is 7.34. The molecule has 0 aliphatic carbocycles. The fraction of sp³-hybridized carbons (Fsp3) is 1.00. The van der Waals surface area contributed by atoms with Gasteiger partial charge in [0.05, 0.1) is 0 Å². The quantitative estimate of drug-likeness (QED) is 0.608. The largest absolute Gasteiger partial charge is 0.314 e. The molecule has 0 spiro atoms. The Balaban J connectivity index is 1.45. The SMILES string of the molecule is C1CN(N2CCN(N3CCNCC3)CC2)CCN1. The van der Waals surface area contributed by atoms with Crippen molar-refractivity contribution in [2.75, 3.05) is 78.5 Å². The molecule has 3 fully saturated rings. The number of hydrogen-bond acceptors (Lipinski definition) is 6. The van der Waals surface area contributed by atoms with Gasteiger partial charge in [0.2, 0.25) is 0 Å². The van der Waals surface area contributed by atoms with Crippen LogP contribution in [0.2, 0.25) is 0 Å². The minimum atomic E-state index is 1.14. The molecule has 104 valence electrons. The molecule has 0 aromatic carbocycles. The molecule has 3 saturated heterocycles. The van der Waals surface area contributed by atoms with Crippen molar-refractivity contribution in [3.05, 3.63) is 0 Å². The molecule has 0 saturated carbocycles. The highest BCUT2D eigenvalue weighted by atomic mass is 15.7. The third-order valence-corrected chi connectivity index (χ3v) is 4.22. The maximum absolute atomic E-state index is 3.42. The maximum atomic E-state index is 3.42. The third kappa shape index (κ3) is 3.01. The molecule has 18 heavy (non-hydrogen) atoms. The lowest BCUT2D eigenvalue weighted by molar-refractivity contribution is -0.120. The number of rotatable bonds is 2. The molecule has 6 heteroatoms. The summed E-state index contributed by atoms with van der Waals surface area (Å²) in [7, 11) is 0. The van der Waals surface area contributed by atoms with Crippen LogP contribution in [-0.2, 0) is 0 Å². The third-order valence-electron chi connectivity index (χ3n) is 4.22. The van der Waals surface area contributed by atoms with Crippen molar-refractivity contribution in [3.8, 4) is 0 Å². The zero-order valence-electron chi connectivity index (χ0n) is 11.3. The summed E-state index contributed by atoms with van der Waals surface area (Å²) >= 11 is 0. The van der Waals surface area contributed by atoms with Crippen molar-refractivity contribution in [3.63, 3.8) is 0 Å². The predicted molar refractivity (Wildman–Crippen MR) is 72.0 cm³/mol. The van der Waals surface area contributed by atoms with E-state index < -0.39 is 0 Å². The van der Waals surface area contributed by atoms with E-state index in [0.29, 0.717) is 0 Å². The van der Waals surface area contributed by atoms with E-state index in [0.717, 1.165) is 26.2 Å². The van der Waals surface area contributed by atoms with Crippen LogP contribution < -0.4 is 10.6 Å². The van der Waals surface area contributed by atoms with Crippen molar-refractivity contribution in [2.45, 2.75) is 0 Å². The van der Waals surface area contributed by atoms with Gasteiger partial charge < -0.3 is 10.6 Å². The molecule has 6 nitrogen and oxygen atoms in total. The summed E-state index contributed by atoms with van der Waals surface area (Å²) in [6.07, 6.45) is 0. The molecular weight excluding hydrogens is 228 g/mol. The van der Waals surface area contributed by atoms with Crippen molar-refractivity contribution in [1.82, 2.24) is 30.7 Å². The second kappa shape index (κ2) is 6.27. The van der Waals surface area contributed by atoms with Gasteiger partial charge in [0.15, 0.2) is 0 Å². The number of nitrogens with one attached hydrogen (secondary N) is 2. The van der Waals surface area contributed by atoms with Gasteiger partial charge in [0, 0.05) is 78.5 Å². The Kier molecular flexibility index (Phi) is 4.45. The van der Waals surface area contributed by atoms with Crippen LogP contribution in [-0.4, -0.2) is 98.6 Å². The number of piperazine rings is 3. The van der Waals surface area contributed by atoms with Crippen LogP contribution in [0.5, 0.6) is 0 Å². The second-order valence-electron chi connectivity index (χ2n) is 5.31. The van der Waals surface area contributed by atoms with Gasteiger partial charge in [0.25, 0.3) is 0 Å². The summed E-state index contributed by atoms with van der Waals surface area (Å²) in [6.45, 7) is 14.0. The van der Waals surface area contributed by atoms with Crippen LogP contribution in [0.3, 0.4) is 0 Å². The van der Waals surface area contributed by atoms with Gasteiger partial charge in [-0.2, -0.15) is 0 Å². The highest BCUT2D eigenvalue weighted by molar-refractivity contribution is 4.75. The summed E-state index contributed by atoms with van der Waals surface area (Å²) in [5.74, 6) is 0. The Labute approximate surface area is 110 Å². The summed E-state index contributed by atoms with van der Waals surface area (Å²) in [5, 5.41) is 17.0. The van der Waals surface area contributed by atoms with Crippen LogP contribution in [0.15, 0.2) is 0 Å². The molecule has 0 unspecified atom stereocenters. The van der Waals surface area contributed by atoms with Crippen LogP contribution in [0.4, 0.5) is 0 Å². The molecule has 3 rings (SSSR count). The summed E-state index contributed by atoms with van der Waals surface area (Å²) in [4.78, 5) is 0. The van der Waals surface area contributed by atoms with E-state index in [-0.39, 0.29) is 0 Å². The average molecular weight is 254 g/mol. The zero-order valence-corrected chi connectivity index (χ0v) is 11.3. The van der Waals surface area contributed by atoms with Gasteiger partial charge in [-0.05, 0) is 0 Å². The van der Waals surface area contributed by atoms with E-state index >= 15 is 0 Å². The Morgan fingerprint density at radius 1 is 0.389 bits per heavy atom. The van der Waals surface area contributed by atoms with Gasteiger partial charge in [-0.25, -0.2) is 20.0 Å². The number of hydrogen-bond donors (Lipinski definition) is 2. The number of hydrazine groups is 2. The lowest BCUT2D eigenvalue weighted by Gasteiger charge is -2.46. The first-order chi connectivity index (χ1) is 8.93. The highest BCUT2D eigenvalue weighted by Crippen LogP contribution is 2.09. The molecule has 3 aliphatic heterocycles. The monoisotopic (exact) mass is 254 g/mol. The highest BCUT2D eigenvalue weighted by Gasteiger charge is 2.26. The Bertz CT molecular complexity index is 215. The standard InChI is InChI=1S/C12H26N6/c1-5-15(6-2-13-1)17-9-11-18(12-10-17)16-7-3-14-4-8-16/h13-14H,1-12H2. The summed E-state index contributed by atoms with van der Waals surface area (Å²) in [6, 6.07) is 0. The minimum Gasteiger partial charge on any atom is -0.314 e. The van der Waals surface area contributed by atoms with Gasteiger partial charge >= 0.3 is 0 Å². The molecule has 0 aromatic rings. The van der Waals surface area contributed by atoms with Crippen molar-refractivity contribution >= 4 is 0 Å². The fourth-order valence-electron chi connectivity index (χ4n) is 3.12. The smallest absolute Gasteiger partial charge is 0.0275 e. The van der Waals surface area contributed by atoms with E-state index in [1.807, 2.05) is 0 Å². The van der Waals surface area contributed by atoms with Crippen LogP contribution in [0, 0.1) is 0 Å². The summed E-state index contributed by atoms with van der Waals surface area (Å²) in [5.41, 5.74) is 0. The zero-order chi connectivity index (χ0) is 12.2. The normalized spacial score (nSPS) is 30.7. The number of nitrogens with zero attached hydrogens (tertiary/aromatic N) is 4. The lowest BCUT2D eigenvalue weighted by atomic mass is 10.3. The van der Waals surface area contributed by atoms with Gasteiger partial charge in [-0.15, -0.1) is 0 Å². The second-order valence-corrected chi connectivity index (χ2v) is 5.31. The summed E-state index contributed by atoms with van der Waals surface area (Å²) < 4.78 is 0. The van der Waals surface area contributed by atoms with Gasteiger partial charge in [-0.1, -0.05) is 0 Å². The minimum absolute atomic E-state index is 1.14. The van der Waals surface area contributed by atoms with E-state index in [1.54, 1.807) is 0 Å². The molecule has 0 amide bonds. The molecule has 0 atom stereocenters. The van der Waals surface area contributed by atoms with Gasteiger partial charge in [-0.3, -0.25) is 0 Å². The molecule has 0 bridgehead atoms. The van der Waals surface area contributed by atoms with Crippen LogP contribution in [0.25, 0.3) is 0 Å². The first-order valence-corrected chi connectivity index (χ1v) is 7.34. The lowest BCUT2D eigenvalue weighted by Crippen LogP contribution is -2.62. The first kappa shape index (κ1) is 12.8. The van der Waals surface area contributed by atoms with Crippen molar-refractivity contribution in [2.24, 2.45) is 0 Å². The Morgan fingerprint density at radius 3 is 1.00 bits per heavy atom. The maximum Gasteiger partial charge on any atom is 0.0275 e.